The summed E-state index contributed by atoms with van der Waals surface area (Å²) in [5.74, 6) is -1.28. The highest BCUT2D eigenvalue weighted by Gasteiger charge is 2.46. The summed E-state index contributed by atoms with van der Waals surface area (Å²) < 4.78 is 11.0. The number of hydrogen-bond donors (Lipinski definition) is 1. The molecule has 1 amide bonds. The molecule has 0 radical (unpaired) electrons. The molecular weight excluding hydrogens is 488 g/mol. The van der Waals surface area contributed by atoms with Gasteiger partial charge in [-0.05, 0) is 60.4 Å². The van der Waals surface area contributed by atoms with Gasteiger partial charge in [0.25, 0.3) is 17.4 Å². The van der Waals surface area contributed by atoms with Crippen LogP contribution in [-0.4, -0.2) is 46.9 Å². The number of carbonyl (C=O) groups is 2. The molecule has 0 aliphatic carbocycles. The van der Waals surface area contributed by atoms with Crippen LogP contribution in [0.5, 0.6) is 5.75 Å². The van der Waals surface area contributed by atoms with E-state index in [0.717, 1.165) is 5.56 Å². The van der Waals surface area contributed by atoms with Gasteiger partial charge in [-0.1, -0.05) is 30.3 Å². The number of likely N-dealkylation sites (tertiary alicyclic amines) is 1. The lowest BCUT2D eigenvalue weighted by molar-refractivity contribution is -0.384. The van der Waals surface area contributed by atoms with Crippen LogP contribution in [0.3, 0.4) is 0 Å². The number of amides is 1. The van der Waals surface area contributed by atoms with Crippen molar-refractivity contribution in [1.29, 1.82) is 0 Å². The summed E-state index contributed by atoms with van der Waals surface area (Å²) in [5, 5.41) is 22.5. The molecule has 0 spiro atoms. The Bertz CT molecular complexity index is 1370. The summed E-state index contributed by atoms with van der Waals surface area (Å²) in [6.45, 7) is 2.74. The Morgan fingerprint density at radius 2 is 1.76 bits per heavy atom. The lowest BCUT2D eigenvalue weighted by Gasteiger charge is -2.25. The maximum absolute atomic E-state index is 13.2. The van der Waals surface area contributed by atoms with E-state index in [1.54, 1.807) is 25.1 Å². The largest absolute Gasteiger partial charge is 0.507 e. The highest BCUT2D eigenvalue weighted by Crippen LogP contribution is 2.40. The molecule has 38 heavy (non-hydrogen) atoms. The van der Waals surface area contributed by atoms with Gasteiger partial charge >= 0.3 is 0 Å². The summed E-state index contributed by atoms with van der Waals surface area (Å²) >= 11 is 0. The van der Waals surface area contributed by atoms with Gasteiger partial charge in [-0.25, -0.2) is 0 Å². The summed E-state index contributed by atoms with van der Waals surface area (Å²) in [6.07, 6.45) is 0.472. The molecule has 3 aromatic carbocycles. The fourth-order valence-electron chi connectivity index (χ4n) is 4.49. The minimum absolute atomic E-state index is 0.0673. The third-order valence-corrected chi connectivity index (χ3v) is 6.41. The second-order valence-corrected chi connectivity index (χ2v) is 8.94. The molecule has 3 aromatic rings. The smallest absolute Gasteiger partial charge is 0.295 e. The SMILES string of the molecule is COCCCN1C(=O)C(=O)C(=C(O)c2ccc(OCc3ccccc3)cc2C)C1c1ccc([N+](=O)[O-])cc1. The van der Waals surface area contributed by atoms with Crippen LogP contribution < -0.4 is 4.74 Å². The second-order valence-electron chi connectivity index (χ2n) is 8.94. The van der Waals surface area contributed by atoms with Gasteiger partial charge in [0.15, 0.2) is 0 Å². The number of nitro groups is 1. The summed E-state index contributed by atoms with van der Waals surface area (Å²) in [4.78, 5) is 38.2. The van der Waals surface area contributed by atoms with Crippen molar-refractivity contribution in [2.45, 2.75) is 26.0 Å². The molecule has 9 heteroatoms. The van der Waals surface area contributed by atoms with E-state index in [1.165, 1.54) is 36.3 Å². The fourth-order valence-corrected chi connectivity index (χ4v) is 4.49. The van der Waals surface area contributed by atoms with E-state index >= 15 is 0 Å². The topological polar surface area (TPSA) is 119 Å². The zero-order chi connectivity index (χ0) is 27.2. The van der Waals surface area contributed by atoms with Crippen molar-refractivity contribution in [2.75, 3.05) is 20.3 Å². The van der Waals surface area contributed by atoms with E-state index in [1.807, 2.05) is 30.3 Å². The molecule has 1 unspecified atom stereocenters. The van der Waals surface area contributed by atoms with Crippen molar-refractivity contribution >= 4 is 23.1 Å². The number of carbonyl (C=O) groups excluding carboxylic acids is 2. The molecule has 9 nitrogen and oxygen atoms in total. The van der Waals surface area contributed by atoms with Gasteiger partial charge in [-0.15, -0.1) is 0 Å². The van der Waals surface area contributed by atoms with E-state index in [9.17, 15) is 24.8 Å². The Hall–Kier alpha value is -4.50. The molecule has 1 N–H and O–H groups in total. The molecule has 4 rings (SSSR count). The van der Waals surface area contributed by atoms with Gasteiger partial charge in [0.05, 0.1) is 16.5 Å². The predicted octanol–water partition coefficient (Wildman–Crippen LogP) is 4.94. The molecular formula is C29H28N2O7. The minimum atomic E-state index is -0.902. The Balaban J connectivity index is 1.70. The first-order valence-electron chi connectivity index (χ1n) is 12.1. The van der Waals surface area contributed by atoms with Crippen molar-refractivity contribution in [2.24, 2.45) is 0 Å². The van der Waals surface area contributed by atoms with Crippen molar-refractivity contribution in [1.82, 2.24) is 4.90 Å². The number of aliphatic hydroxyl groups is 1. The standard InChI is InChI=1S/C29H28N2O7/c1-19-17-23(38-18-20-7-4-3-5-8-20)13-14-24(19)27(32)25-26(21-9-11-22(12-10-21)31(35)36)30(15-6-16-37-2)29(34)28(25)33/h3-5,7-14,17,26,32H,6,15-16,18H2,1-2H3. The highest BCUT2D eigenvalue weighted by atomic mass is 16.6. The van der Waals surface area contributed by atoms with Gasteiger partial charge in [0.1, 0.15) is 18.1 Å². The first kappa shape index (κ1) is 26.6. The number of ketones is 1. The molecule has 1 atom stereocenters. The molecule has 1 fully saturated rings. The average molecular weight is 517 g/mol. The van der Waals surface area contributed by atoms with Crippen LogP contribution in [0.25, 0.3) is 5.76 Å². The number of nitrogens with zero attached hydrogens (tertiary/aromatic N) is 2. The van der Waals surface area contributed by atoms with Crippen LogP contribution in [0.1, 0.15) is 34.7 Å². The van der Waals surface area contributed by atoms with E-state index in [4.69, 9.17) is 9.47 Å². The Morgan fingerprint density at radius 3 is 2.39 bits per heavy atom. The zero-order valence-electron chi connectivity index (χ0n) is 21.1. The molecule has 0 aromatic heterocycles. The van der Waals surface area contributed by atoms with Crippen LogP contribution in [0.15, 0.2) is 78.4 Å². The van der Waals surface area contributed by atoms with Crippen LogP contribution in [0.2, 0.25) is 0 Å². The monoisotopic (exact) mass is 516 g/mol. The first-order chi connectivity index (χ1) is 18.3. The average Bonchev–Trinajstić information content (AvgIpc) is 3.17. The molecule has 196 valence electrons. The number of aliphatic hydroxyl groups excluding tert-OH is 1. The summed E-state index contributed by atoms with van der Waals surface area (Å²) in [5.41, 5.74) is 2.34. The van der Waals surface area contributed by atoms with E-state index < -0.39 is 22.7 Å². The third-order valence-electron chi connectivity index (χ3n) is 6.41. The third kappa shape index (κ3) is 5.57. The number of nitro benzene ring substituents is 1. The van der Waals surface area contributed by atoms with Crippen LogP contribution >= 0.6 is 0 Å². The fraction of sp³-hybridized carbons (Fsp3) is 0.241. The second kappa shape index (κ2) is 11.7. The molecule has 0 bridgehead atoms. The van der Waals surface area contributed by atoms with Gasteiger partial charge in [-0.2, -0.15) is 0 Å². The van der Waals surface area contributed by atoms with Gasteiger partial charge in [0, 0.05) is 38.0 Å². The number of hydrogen-bond acceptors (Lipinski definition) is 7. The lowest BCUT2D eigenvalue weighted by atomic mass is 9.93. The van der Waals surface area contributed by atoms with Crippen LogP contribution in [-0.2, 0) is 20.9 Å². The lowest BCUT2D eigenvalue weighted by Crippen LogP contribution is -2.31. The number of non-ortho nitro benzene ring substituents is 1. The van der Waals surface area contributed by atoms with Crippen LogP contribution in [0.4, 0.5) is 5.69 Å². The van der Waals surface area contributed by atoms with E-state index in [0.29, 0.717) is 42.1 Å². The highest BCUT2D eigenvalue weighted by molar-refractivity contribution is 6.46. The maximum atomic E-state index is 13.2. The van der Waals surface area contributed by atoms with Crippen molar-refractivity contribution < 1.29 is 29.1 Å². The summed E-state index contributed by atoms with van der Waals surface area (Å²) in [7, 11) is 1.54. The molecule has 1 aliphatic heterocycles. The molecule has 1 saturated heterocycles. The predicted molar refractivity (Wildman–Crippen MR) is 141 cm³/mol. The van der Waals surface area contributed by atoms with Gasteiger partial charge < -0.3 is 19.5 Å². The Kier molecular flexibility index (Phi) is 8.18. The van der Waals surface area contributed by atoms with Crippen molar-refractivity contribution in [3.8, 4) is 5.75 Å². The normalized spacial score (nSPS) is 16.6. The van der Waals surface area contributed by atoms with Gasteiger partial charge in [0.2, 0.25) is 0 Å². The number of methoxy groups -OCH3 is 1. The number of benzene rings is 3. The minimum Gasteiger partial charge on any atom is -0.507 e. The maximum Gasteiger partial charge on any atom is 0.295 e. The van der Waals surface area contributed by atoms with E-state index in [-0.39, 0.29) is 23.6 Å². The Morgan fingerprint density at radius 1 is 1.05 bits per heavy atom. The molecule has 1 heterocycles. The summed E-state index contributed by atoms with van der Waals surface area (Å²) in [6, 6.07) is 19.5. The van der Waals surface area contributed by atoms with Gasteiger partial charge in [-0.3, -0.25) is 19.7 Å². The number of aryl methyl sites for hydroxylation is 1. The van der Waals surface area contributed by atoms with Crippen molar-refractivity contribution in [3.05, 3.63) is 111 Å². The zero-order valence-corrected chi connectivity index (χ0v) is 21.1. The quantitative estimate of drug-likeness (QED) is 0.101. The number of Topliss-reactive ketones (excluding diaryl/α,β-unsaturated/α-hetero) is 1. The Labute approximate surface area is 220 Å². The van der Waals surface area contributed by atoms with E-state index in [2.05, 4.69) is 0 Å². The van der Waals surface area contributed by atoms with Crippen molar-refractivity contribution in [3.63, 3.8) is 0 Å². The number of rotatable bonds is 10. The molecule has 0 saturated carbocycles. The van der Waals surface area contributed by atoms with Crippen LogP contribution in [0, 0.1) is 17.0 Å². The first-order valence-corrected chi connectivity index (χ1v) is 12.1. The molecule has 1 aliphatic rings. The number of ether oxygens (including phenoxy) is 2.